The minimum Gasteiger partial charge on any atom is -0.376 e. The zero-order chi connectivity index (χ0) is 15.3. The van der Waals surface area contributed by atoms with E-state index in [0.717, 1.165) is 32.2 Å². The van der Waals surface area contributed by atoms with Gasteiger partial charge in [0.05, 0.1) is 16.1 Å². The molecule has 0 heterocycles. The number of hydrogen-bond donors (Lipinski definition) is 1. The summed E-state index contributed by atoms with van der Waals surface area (Å²) in [6.45, 7) is 2.85. The Morgan fingerprint density at radius 1 is 1.29 bits per heavy atom. The Balaban J connectivity index is 2.42. The average Bonchev–Trinajstić information content (AvgIpc) is 2.74. The van der Waals surface area contributed by atoms with Crippen molar-refractivity contribution < 1.29 is 9.13 Å². The lowest BCUT2D eigenvalue weighted by Gasteiger charge is -2.40. The van der Waals surface area contributed by atoms with Crippen LogP contribution in [0.15, 0.2) is 22.7 Å². The molecule has 4 heteroatoms. The summed E-state index contributed by atoms with van der Waals surface area (Å²) in [7, 11) is 1.77. The minimum absolute atomic E-state index is 0.108. The number of halogens is 2. The molecule has 1 aromatic carbocycles. The Morgan fingerprint density at radius 3 is 2.52 bits per heavy atom. The molecular formula is C17H25BrFNO. The van der Waals surface area contributed by atoms with Crippen LogP contribution in [0.25, 0.3) is 0 Å². The van der Waals surface area contributed by atoms with Crippen LogP contribution in [0.1, 0.15) is 57.1 Å². The van der Waals surface area contributed by atoms with Gasteiger partial charge in [0.25, 0.3) is 0 Å². The van der Waals surface area contributed by atoms with Gasteiger partial charge in [0.2, 0.25) is 0 Å². The SMILES string of the molecule is CCNC(c1cccc(Br)c1F)C1(OC)CCCCCC1. The standard InChI is InChI=1S/C17H25BrFNO/c1-3-20-16(13-9-8-10-14(18)15(13)19)17(21-2)11-6-4-5-7-12-17/h8-10,16,20H,3-7,11-12H2,1-2H3. The van der Waals surface area contributed by atoms with E-state index in [-0.39, 0.29) is 17.5 Å². The van der Waals surface area contributed by atoms with Crippen molar-refractivity contribution in [1.29, 1.82) is 0 Å². The summed E-state index contributed by atoms with van der Waals surface area (Å²) in [5, 5.41) is 3.47. The van der Waals surface area contributed by atoms with Crippen LogP contribution < -0.4 is 5.32 Å². The lowest BCUT2D eigenvalue weighted by atomic mass is 9.82. The maximum atomic E-state index is 14.6. The third-order valence-electron chi connectivity index (χ3n) is 4.58. The van der Waals surface area contributed by atoms with Crippen LogP contribution in [0.5, 0.6) is 0 Å². The molecule has 21 heavy (non-hydrogen) atoms. The number of likely N-dealkylation sites (N-methyl/N-ethyl adjacent to an activating group) is 1. The van der Waals surface area contributed by atoms with Gasteiger partial charge >= 0.3 is 0 Å². The smallest absolute Gasteiger partial charge is 0.142 e. The molecule has 2 nitrogen and oxygen atoms in total. The monoisotopic (exact) mass is 357 g/mol. The second-order valence-electron chi connectivity index (χ2n) is 5.82. The number of methoxy groups -OCH3 is 1. The second-order valence-corrected chi connectivity index (χ2v) is 6.67. The van der Waals surface area contributed by atoms with E-state index in [2.05, 4.69) is 28.2 Å². The number of hydrogen-bond acceptors (Lipinski definition) is 2. The second kappa shape index (κ2) is 7.70. The summed E-state index contributed by atoms with van der Waals surface area (Å²) >= 11 is 3.30. The molecule has 1 atom stereocenters. The quantitative estimate of drug-likeness (QED) is 0.750. The third kappa shape index (κ3) is 3.66. The van der Waals surface area contributed by atoms with Gasteiger partial charge in [0.15, 0.2) is 0 Å². The highest BCUT2D eigenvalue weighted by atomic mass is 79.9. The highest BCUT2D eigenvalue weighted by Gasteiger charge is 2.41. The van der Waals surface area contributed by atoms with Crippen molar-refractivity contribution in [3.05, 3.63) is 34.1 Å². The minimum atomic E-state index is -0.311. The molecule has 0 radical (unpaired) electrons. The predicted molar refractivity (Wildman–Crippen MR) is 88.0 cm³/mol. The van der Waals surface area contributed by atoms with Crippen LogP contribution in [-0.2, 0) is 4.74 Å². The maximum Gasteiger partial charge on any atom is 0.142 e. The van der Waals surface area contributed by atoms with E-state index in [1.165, 1.54) is 12.8 Å². The lowest BCUT2D eigenvalue weighted by Crippen LogP contribution is -2.45. The van der Waals surface area contributed by atoms with Crippen LogP contribution in [0.3, 0.4) is 0 Å². The molecule has 1 fully saturated rings. The fourth-order valence-corrected chi connectivity index (χ4v) is 3.85. The van der Waals surface area contributed by atoms with Crippen LogP contribution in [-0.4, -0.2) is 19.3 Å². The predicted octanol–water partition coefficient (Wildman–Crippen LogP) is 4.98. The van der Waals surface area contributed by atoms with E-state index in [1.807, 2.05) is 12.1 Å². The van der Waals surface area contributed by atoms with Crippen molar-refractivity contribution >= 4 is 15.9 Å². The zero-order valence-corrected chi connectivity index (χ0v) is 14.5. The molecule has 1 aliphatic rings. The van der Waals surface area contributed by atoms with Gasteiger partial charge in [-0.1, -0.05) is 44.7 Å². The van der Waals surface area contributed by atoms with Gasteiger partial charge in [-0.3, -0.25) is 0 Å². The van der Waals surface area contributed by atoms with Gasteiger partial charge in [-0.2, -0.15) is 0 Å². The first-order valence-electron chi connectivity index (χ1n) is 7.87. The van der Waals surface area contributed by atoms with Gasteiger partial charge in [0.1, 0.15) is 5.82 Å². The summed E-state index contributed by atoms with van der Waals surface area (Å²) in [5.74, 6) is -0.177. The van der Waals surface area contributed by atoms with Crippen molar-refractivity contribution in [3.63, 3.8) is 0 Å². The van der Waals surface area contributed by atoms with Crippen LogP contribution >= 0.6 is 15.9 Å². The van der Waals surface area contributed by atoms with E-state index in [0.29, 0.717) is 10.0 Å². The molecule has 0 aliphatic heterocycles. The summed E-state index contributed by atoms with van der Waals surface area (Å²) in [5.41, 5.74) is 0.392. The molecule has 118 valence electrons. The molecule has 1 N–H and O–H groups in total. The largest absolute Gasteiger partial charge is 0.376 e. The van der Waals surface area contributed by atoms with Crippen molar-refractivity contribution in [2.45, 2.75) is 57.1 Å². The average molecular weight is 358 g/mol. The van der Waals surface area contributed by atoms with Gasteiger partial charge in [0, 0.05) is 12.7 Å². The van der Waals surface area contributed by atoms with Crippen molar-refractivity contribution in [2.75, 3.05) is 13.7 Å². The van der Waals surface area contributed by atoms with Crippen LogP contribution in [0.4, 0.5) is 4.39 Å². The van der Waals surface area contributed by atoms with Crippen molar-refractivity contribution in [1.82, 2.24) is 5.32 Å². The Kier molecular flexibility index (Phi) is 6.20. The van der Waals surface area contributed by atoms with Crippen molar-refractivity contribution in [2.24, 2.45) is 0 Å². The lowest BCUT2D eigenvalue weighted by molar-refractivity contribution is -0.0545. The topological polar surface area (TPSA) is 21.3 Å². The molecule has 2 rings (SSSR count). The Bertz CT molecular complexity index is 458. The first-order chi connectivity index (χ1) is 10.1. The number of ether oxygens (including phenoxy) is 1. The van der Waals surface area contributed by atoms with E-state index in [1.54, 1.807) is 13.2 Å². The van der Waals surface area contributed by atoms with Gasteiger partial charge in [-0.25, -0.2) is 4.39 Å². The van der Waals surface area contributed by atoms with Crippen LogP contribution in [0, 0.1) is 5.82 Å². The molecule has 0 saturated heterocycles. The summed E-state index contributed by atoms with van der Waals surface area (Å²) in [4.78, 5) is 0. The fraction of sp³-hybridized carbons (Fsp3) is 0.647. The molecule has 1 aliphatic carbocycles. The number of benzene rings is 1. The summed E-state index contributed by atoms with van der Waals surface area (Å²) < 4.78 is 21.1. The molecular weight excluding hydrogens is 333 g/mol. The Labute approximate surface area is 135 Å². The van der Waals surface area contributed by atoms with Gasteiger partial charge < -0.3 is 10.1 Å². The first kappa shape index (κ1) is 16.9. The first-order valence-corrected chi connectivity index (χ1v) is 8.66. The Morgan fingerprint density at radius 2 is 1.95 bits per heavy atom. The highest BCUT2D eigenvalue weighted by Crippen LogP contribution is 2.41. The van der Waals surface area contributed by atoms with E-state index >= 15 is 0 Å². The number of rotatable bonds is 5. The molecule has 0 aromatic heterocycles. The Hall–Kier alpha value is -0.450. The van der Waals surface area contributed by atoms with Crippen molar-refractivity contribution in [3.8, 4) is 0 Å². The molecule has 1 saturated carbocycles. The van der Waals surface area contributed by atoms with E-state index in [9.17, 15) is 4.39 Å². The zero-order valence-electron chi connectivity index (χ0n) is 12.9. The number of nitrogens with one attached hydrogen (secondary N) is 1. The molecule has 0 bridgehead atoms. The summed E-state index contributed by atoms with van der Waals surface area (Å²) in [6.07, 6.45) is 6.73. The highest BCUT2D eigenvalue weighted by molar-refractivity contribution is 9.10. The summed E-state index contributed by atoms with van der Waals surface area (Å²) in [6, 6.07) is 5.41. The van der Waals surface area contributed by atoms with E-state index in [4.69, 9.17) is 4.74 Å². The van der Waals surface area contributed by atoms with Crippen LogP contribution in [0.2, 0.25) is 0 Å². The molecule has 1 unspecified atom stereocenters. The fourth-order valence-electron chi connectivity index (χ4n) is 3.46. The molecule has 0 spiro atoms. The van der Waals surface area contributed by atoms with Gasteiger partial charge in [-0.05, 0) is 41.4 Å². The maximum absolute atomic E-state index is 14.6. The van der Waals surface area contributed by atoms with Gasteiger partial charge in [-0.15, -0.1) is 0 Å². The third-order valence-corrected chi connectivity index (χ3v) is 5.20. The normalized spacial score (nSPS) is 20.0. The molecule has 0 amide bonds. The van der Waals surface area contributed by atoms with E-state index < -0.39 is 0 Å². The molecule has 1 aromatic rings.